The molecule has 0 bridgehead atoms. The Hall–Kier alpha value is -0.570. The maximum Gasteiger partial charge on any atom is 0.145 e. The molecule has 0 saturated heterocycles. The average Bonchev–Trinajstić information content (AvgIpc) is 2.25. The molecule has 1 unspecified atom stereocenters. The summed E-state index contributed by atoms with van der Waals surface area (Å²) in [6, 6.07) is 0. The van der Waals surface area contributed by atoms with Crippen molar-refractivity contribution >= 4 is 24.3 Å². The van der Waals surface area contributed by atoms with Gasteiger partial charge >= 0.3 is 0 Å². The summed E-state index contributed by atoms with van der Waals surface area (Å²) in [7, 11) is 0. The average molecular weight is 216 g/mol. The van der Waals surface area contributed by atoms with Crippen LogP contribution in [0.5, 0.6) is 0 Å². The molecule has 0 aromatic heterocycles. The molecule has 0 saturated carbocycles. The van der Waals surface area contributed by atoms with Gasteiger partial charge in [-0.05, 0) is 24.7 Å². The quantitative estimate of drug-likeness (QED) is 0.506. The van der Waals surface area contributed by atoms with Gasteiger partial charge in [-0.1, -0.05) is 20.4 Å². The number of hydrogen-bond acceptors (Lipinski definition) is 3. The molecular weight excluding hydrogens is 196 g/mol. The predicted octanol–water partition coefficient (Wildman–Crippen LogP) is 2.73. The summed E-state index contributed by atoms with van der Waals surface area (Å²) in [6.45, 7) is 7.36. The molecule has 0 amide bonds. The van der Waals surface area contributed by atoms with Crippen LogP contribution < -0.4 is 0 Å². The highest BCUT2D eigenvalue weighted by molar-refractivity contribution is 7.98. The fourth-order valence-corrected chi connectivity index (χ4v) is 1.29. The standard InChI is InChI=1S/C6H12OS.C5H8O/c1-3-6(4-7)5-8-2;1-3-5(2)4-6/h4,6H,3,5H2,1-2H3;4H,2-3H2,1H3. The second-order valence-electron chi connectivity index (χ2n) is 2.89. The zero-order valence-electron chi connectivity index (χ0n) is 9.29. The van der Waals surface area contributed by atoms with Crippen molar-refractivity contribution in [2.75, 3.05) is 12.0 Å². The highest BCUT2D eigenvalue weighted by atomic mass is 32.2. The van der Waals surface area contributed by atoms with Crippen molar-refractivity contribution in [1.82, 2.24) is 0 Å². The lowest BCUT2D eigenvalue weighted by molar-refractivity contribution is -0.110. The monoisotopic (exact) mass is 216 g/mol. The van der Waals surface area contributed by atoms with Crippen LogP contribution in [-0.2, 0) is 9.59 Å². The molecule has 0 aromatic rings. The zero-order valence-corrected chi connectivity index (χ0v) is 10.1. The molecule has 2 nitrogen and oxygen atoms in total. The Labute approximate surface area is 91.2 Å². The first-order chi connectivity index (χ1) is 6.65. The fourth-order valence-electron chi connectivity index (χ4n) is 0.551. The Kier molecular flexibility index (Phi) is 14.1. The van der Waals surface area contributed by atoms with Crippen molar-refractivity contribution < 1.29 is 9.59 Å². The van der Waals surface area contributed by atoms with Crippen LogP contribution in [0.2, 0.25) is 0 Å². The molecule has 0 rings (SSSR count). The van der Waals surface area contributed by atoms with E-state index in [-0.39, 0.29) is 5.92 Å². The van der Waals surface area contributed by atoms with Gasteiger partial charge in [0.05, 0.1) is 0 Å². The lowest BCUT2D eigenvalue weighted by atomic mass is 10.1. The van der Waals surface area contributed by atoms with Gasteiger partial charge in [-0.15, -0.1) is 0 Å². The van der Waals surface area contributed by atoms with Gasteiger partial charge in [0.1, 0.15) is 12.6 Å². The molecule has 0 N–H and O–H groups in total. The lowest BCUT2D eigenvalue weighted by Gasteiger charge is -2.01. The predicted molar refractivity (Wildman–Crippen MR) is 63.7 cm³/mol. The van der Waals surface area contributed by atoms with E-state index in [0.29, 0.717) is 5.57 Å². The van der Waals surface area contributed by atoms with Gasteiger partial charge in [-0.25, -0.2) is 0 Å². The molecule has 0 aliphatic carbocycles. The van der Waals surface area contributed by atoms with Crippen LogP contribution in [0, 0.1) is 5.92 Å². The van der Waals surface area contributed by atoms with E-state index in [1.54, 1.807) is 11.8 Å². The normalized spacial score (nSPS) is 10.8. The summed E-state index contributed by atoms with van der Waals surface area (Å²) in [5.74, 6) is 1.25. The van der Waals surface area contributed by atoms with E-state index in [9.17, 15) is 9.59 Å². The first-order valence-electron chi connectivity index (χ1n) is 4.73. The third kappa shape index (κ3) is 11.4. The van der Waals surface area contributed by atoms with Crippen LogP contribution in [0.3, 0.4) is 0 Å². The van der Waals surface area contributed by atoms with Gasteiger partial charge < -0.3 is 4.79 Å². The van der Waals surface area contributed by atoms with Crippen LogP contribution in [0.25, 0.3) is 0 Å². The van der Waals surface area contributed by atoms with Crippen molar-refractivity contribution in [3.8, 4) is 0 Å². The summed E-state index contributed by atoms with van der Waals surface area (Å²) in [4.78, 5) is 19.7. The number of aldehydes is 2. The maximum absolute atomic E-state index is 10.1. The van der Waals surface area contributed by atoms with Crippen molar-refractivity contribution in [2.24, 2.45) is 5.92 Å². The molecule has 0 fully saturated rings. The number of rotatable bonds is 6. The second kappa shape index (κ2) is 12.4. The molecule has 14 heavy (non-hydrogen) atoms. The van der Waals surface area contributed by atoms with Gasteiger partial charge in [0.2, 0.25) is 0 Å². The van der Waals surface area contributed by atoms with Crippen molar-refractivity contribution in [1.29, 1.82) is 0 Å². The summed E-state index contributed by atoms with van der Waals surface area (Å²) < 4.78 is 0. The molecular formula is C11H20O2S. The maximum atomic E-state index is 10.1. The van der Waals surface area contributed by atoms with Crippen LogP contribution >= 0.6 is 11.8 Å². The van der Waals surface area contributed by atoms with E-state index < -0.39 is 0 Å². The Balaban J connectivity index is 0. The first kappa shape index (κ1) is 15.9. The highest BCUT2D eigenvalue weighted by Gasteiger charge is 2.00. The number of hydrogen-bond donors (Lipinski definition) is 0. The smallest absolute Gasteiger partial charge is 0.145 e. The lowest BCUT2D eigenvalue weighted by Crippen LogP contribution is -2.02. The van der Waals surface area contributed by atoms with Gasteiger partial charge in [-0.3, -0.25) is 4.79 Å². The Morgan fingerprint density at radius 3 is 2.07 bits per heavy atom. The van der Waals surface area contributed by atoms with Gasteiger partial charge in [0.25, 0.3) is 0 Å². The molecule has 0 aromatic carbocycles. The van der Waals surface area contributed by atoms with Crippen molar-refractivity contribution in [3.63, 3.8) is 0 Å². The molecule has 1 atom stereocenters. The zero-order chi connectivity index (χ0) is 11.4. The van der Waals surface area contributed by atoms with E-state index in [4.69, 9.17) is 0 Å². The molecule has 82 valence electrons. The number of thioether (sulfide) groups is 1. The van der Waals surface area contributed by atoms with E-state index in [1.807, 2.05) is 20.1 Å². The van der Waals surface area contributed by atoms with Gasteiger partial charge in [0.15, 0.2) is 0 Å². The van der Waals surface area contributed by atoms with E-state index in [0.717, 1.165) is 31.2 Å². The third-order valence-electron chi connectivity index (χ3n) is 1.72. The Morgan fingerprint density at radius 1 is 1.43 bits per heavy atom. The van der Waals surface area contributed by atoms with Gasteiger partial charge in [-0.2, -0.15) is 11.8 Å². The molecule has 0 heterocycles. The topological polar surface area (TPSA) is 34.1 Å². The number of allylic oxidation sites excluding steroid dienone is 1. The van der Waals surface area contributed by atoms with Crippen LogP contribution in [-0.4, -0.2) is 24.6 Å². The molecule has 0 spiro atoms. The summed E-state index contributed by atoms with van der Waals surface area (Å²) in [5.41, 5.74) is 0.662. The number of carbonyl (C=O) groups excluding carboxylic acids is 2. The molecule has 0 aliphatic rings. The summed E-state index contributed by atoms with van der Waals surface area (Å²) in [5, 5.41) is 0. The molecule has 3 heteroatoms. The third-order valence-corrected chi connectivity index (χ3v) is 2.48. The number of carbonyl (C=O) groups is 2. The second-order valence-corrected chi connectivity index (χ2v) is 3.80. The minimum atomic E-state index is 0.282. The van der Waals surface area contributed by atoms with E-state index in [1.165, 1.54) is 0 Å². The van der Waals surface area contributed by atoms with Crippen molar-refractivity contribution in [2.45, 2.75) is 26.7 Å². The Bertz CT molecular complexity index is 167. The highest BCUT2D eigenvalue weighted by Crippen LogP contribution is 2.05. The first-order valence-corrected chi connectivity index (χ1v) is 6.12. The largest absolute Gasteiger partial charge is 0.303 e. The Morgan fingerprint density at radius 2 is 2.00 bits per heavy atom. The summed E-state index contributed by atoms with van der Waals surface area (Å²) in [6.07, 6.45) is 5.58. The minimum absolute atomic E-state index is 0.282. The summed E-state index contributed by atoms with van der Waals surface area (Å²) >= 11 is 1.73. The van der Waals surface area contributed by atoms with Gasteiger partial charge in [0, 0.05) is 11.7 Å². The SMILES string of the molecule is C=C(C=O)CC.CCC(C=O)CSC. The molecule has 0 aliphatic heterocycles. The molecule has 0 radical (unpaired) electrons. The van der Waals surface area contributed by atoms with Crippen LogP contribution in [0.15, 0.2) is 12.2 Å². The van der Waals surface area contributed by atoms with Crippen molar-refractivity contribution in [3.05, 3.63) is 12.2 Å². The van der Waals surface area contributed by atoms with Crippen LogP contribution in [0.1, 0.15) is 26.7 Å². The van der Waals surface area contributed by atoms with Crippen LogP contribution in [0.4, 0.5) is 0 Å². The minimum Gasteiger partial charge on any atom is -0.303 e. The van der Waals surface area contributed by atoms with E-state index >= 15 is 0 Å². The van der Waals surface area contributed by atoms with E-state index in [2.05, 4.69) is 6.58 Å². The fraction of sp³-hybridized carbons (Fsp3) is 0.636.